The number of hydrogen-bond donors (Lipinski definition) is 2. The Labute approximate surface area is 188 Å². The molecule has 6 heteroatoms. The second kappa shape index (κ2) is 12.2. The van der Waals surface area contributed by atoms with E-state index in [1.54, 1.807) is 0 Å². The van der Waals surface area contributed by atoms with Gasteiger partial charge < -0.3 is 29.0 Å². The lowest BCUT2D eigenvalue weighted by Crippen LogP contribution is -3.11. The van der Waals surface area contributed by atoms with Crippen LogP contribution in [0.15, 0.2) is 12.1 Å². The molecule has 0 aliphatic carbocycles. The molecule has 2 rings (SSSR count). The summed E-state index contributed by atoms with van der Waals surface area (Å²) in [6, 6.07) is 4.35. The van der Waals surface area contributed by atoms with Gasteiger partial charge in [-0.15, -0.1) is 0 Å². The number of phenolic OH excluding ortho intramolecular Hbond substituents is 1. The van der Waals surface area contributed by atoms with Gasteiger partial charge in [-0.1, -0.05) is 47.6 Å². The van der Waals surface area contributed by atoms with Gasteiger partial charge in [0, 0.05) is 11.1 Å². The maximum absolute atomic E-state index is 11.1. The van der Waals surface area contributed by atoms with Crippen molar-refractivity contribution in [1.29, 1.82) is 0 Å². The molecule has 0 bridgehead atoms. The largest absolute Gasteiger partial charge is 0.507 e. The van der Waals surface area contributed by atoms with Gasteiger partial charge in [0.2, 0.25) is 0 Å². The van der Waals surface area contributed by atoms with Crippen molar-refractivity contribution in [2.75, 3.05) is 65.9 Å². The Morgan fingerprint density at radius 3 is 1.58 bits per heavy atom. The van der Waals surface area contributed by atoms with Crippen molar-refractivity contribution in [1.82, 2.24) is 0 Å². The van der Waals surface area contributed by atoms with Gasteiger partial charge in [0.05, 0.1) is 52.9 Å². The number of ether oxygens (including phenoxy) is 4. The molecule has 0 aromatic heterocycles. The lowest BCUT2D eigenvalue weighted by molar-refractivity contribution is -0.914. The van der Waals surface area contributed by atoms with E-state index >= 15 is 0 Å². The highest BCUT2D eigenvalue weighted by Crippen LogP contribution is 2.37. The SMILES string of the molecule is CC(C)(C)c1cc(C[NH+]2CCOCCOCCOCCOCC2)c(O)c(C(C)(C)C)c1. The smallest absolute Gasteiger partial charge is 0.128 e. The topological polar surface area (TPSA) is 61.6 Å². The molecule has 1 aliphatic rings. The average Bonchev–Trinajstić information content (AvgIpc) is 2.67. The summed E-state index contributed by atoms with van der Waals surface area (Å²) < 4.78 is 22.6. The maximum Gasteiger partial charge on any atom is 0.128 e. The third kappa shape index (κ3) is 9.07. The average molecular weight is 439 g/mol. The summed E-state index contributed by atoms with van der Waals surface area (Å²) in [6.45, 7) is 20.4. The van der Waals surface area contributed by atoms with Gasteiger partial charge in [0.1, 0.15) is 25.4 Å². The van der Waals surface area contributed by atoms with Crippen LogP contribution in [-0.2, 0) is 36.3 Å². The number of hydrogen-bond acceptors (Lipinski definition) is 5. The molecule has 0 unspecified atom stereocenters. The maximum atomic E-state index is 11.1. The first-order valence-electron chi connectivity index (χ1n) is 11.6. The molecule has 1 fully saturated rings. The zero-order valence-corrected chi connectivity index (χ0v) is 20.5. The summed E-state index contributed by atoms with van der Waals surface area (Å²) >= 11 is 0. The van der Waals surface area contributed by atoms with Crippen molar-refractivity contribution in [3.8, 4) is 5.75 Å². The molecule has 1 aromatic carbocycles. The van der Waals surface area contributed by atoms with Crippen LogP contribution in [0.3, 0.4) is 0 Å². The monoisotopic (exact) mass is 438 g/mol. The second-order valence-electron chi connectivity index (χ2n) is 10.4. The van der Waals surface area contributed by atoms with Crippen LogP contribution < -0.4 is 4.90 Å². The van der Waals surface area contributed by atoms with Crippen LogP contribution >= 0.6 is 0 Å². The Balaban J connectivity index is 2.18. The van der Waals surface area contributed by atoms with Gasteiger partial charge in [0.25, 0.3) is 0 Å². The van der Waals surface area contributed by atoms with Gasteiger partial charge in [-0.05, 0) is 22.5 Å². The highest BCUT2D eigenvalue weighted by molar-refractivity contribution is 5.48. The van der Waals surface area contributed by atoms with Gasteiger partial charge >= 0.3 is 0 Å². The van der Waals surface area contributed by atoms with E-state index in [1.807, 2.05) is 0 Å². The summed E-state index contributed by atoms with van der Waals surface area (Å²) in [5.74, 6) is 0.424. The van der Waals surface area contributed by atoms with E-state index in [0.717, 1.165) is 30.8 Å². The molecule has 1 heterocycles. The Kier molecular flexibility index (Phi) is 10.2. The number of phenols is 1. The molecular weight excluding hydrogens is 394 g/mol. The number of aromatic hydroxyl groups is 1. The van der Waals surface area contributed by atoms with Crippen LogP contribution in [-0.4, -0.2) is 71.1 Å². The van der Waals surface area contributed by atoms with Crippen molar-refractivity contribution in [3.05, 3.63) is 28.8 Å². The highest BCUT2D eigenvalue weighted by atomic mass is 16.6. The molecule has 31 heavy (non-hydrogen) atoms. The van der Waals surface area contributed by atoms with E-state index in [9.17, 15) is 5.11 Å². The van der Waals surface area contributed by atoms with Crippen molar-refractivity contribution >= 4 is 0 Å². The standard InChI is InChI=1S/C25H43NO5/c1-24(2,3)21-17-20(23(27)22(18-21)25(4,5)6)19-26-7-9-28-11-13-30-15-16-31-14-12-29-10-8-26/h17-18,27H,7-16,19H2,1-6H3/p+1. The molecule has 0 atom stereocenters. The molecule has 1 saturated heterocycles. The van der Waals surface area contributed by atoms with Gasteiger partial charge in [-0.2, -0.15) is 0 Å². The van der Waals surface area contributed by atoms with Crippen LogP contribution in [0.5, 0.6) is 5.75 Å². The molecule has 0 saturated carbocycles. The van der Waals surface area contributed by atoms with Gasteiger partial charge in [-0.3, -0.25) is 0 Å². The molecule has 0 radical (unpaired) electrons. The minimum Gasteiger partial charge on any atom is -0.507 e. The van der Waals surface area contributed by atoms with Crippen LogP contribution in [0.1, 0.15) is 58.2 Å². The van der Waals surface area contributed by atoms with E-state index in [-0.39, 0.29) is 10.8 Å². The molecule has 0 amide bonds. The minimum absolute atomic E-state index is 0.0150. The quantitative estimate of drug-likeness (QED) is 0.743. The third-order valence-electron chi connectivity index (χ3n) is 5.62. The molecular formula is C25H44NO5+. The third-order valence-corrected chi connectivity index (χ3v) is 5.62. The van der Waals surface area contributed by atoms with E-state index in [1.165, 1.54) is 10.5 Å². The Hall–Kier alpha value is -1.18. The van der Waals surface area contributed by atoms with Crippen LogP contribution in [0.25, 0.3) is 0 Å². The molecule has 0 spiro atoms. The fourth-order valence-corrected chi connectivity index (χ4v) is 3.60. The first kappa shape index (κ1) is 26.1. The van der Waals surface area contributed by atoms with Crippen LogP contribution in [0, 0.1) is 0 Å². The van der Waals surface area contributed by atoms with E-state index < -0.39 is 0 Å². The Morgan fingerprint density at radius 1 is 0.710 bits per heavy atom. The lowest BCUT2D eigenvalue weighted by Gasteiger charge is -2.28. The van der Waals surface area contributed by atoms with Crippen molar-refractivity contribution < 1.29 is 29.0 Å². The number of rotatable bonds is 2. The van der Waals surface area contributed by atoms with Crippen LogP contribution in [0.2, 0.25) is 0 Å². The summed E-state index contributed by atoms with van der Waals surface area (Å²) in [7, 11) is 0. The number of benzene rings is 1. The normalized spacial score (nSPS) is 19.5. The predicted molar refractivity (Wildman–Crippen MR) is 123 cm³/mol. The molecule has 1 aliphatic heterocycles. The Bertz CT molecular complexity index is 647. The van der Waals surface area contributed by atoms with Gasteiger partial charge in [0.15, 0.2) is 0 Å². The molecule has 1 aromatic rings. The summed E-state index contributed by atoms with van der Waals surface area (Å²) in [5, 5.41) is 11.1. The van der Waals surface area contributed by atoms with Crippen molar-refractivity contribution in [2.24, 2.45) is 0 Å². The van der Waals surface area contributed by atoms with Crippen molar-refractivity contribution in [3.63, 3.8) is 0 Å². The predicted octanol–water partition coefficient (Wildman–Crippen LogP) is 2.45. The first-order valence-corrected chi connectivity index (χ1v) is 11.6. The number of quaternary nitrogens is 1. The van der Waals surface area contributed by atoms with Crippen molar-refractivity contribution in [2.45, 2.75) is 58.9 Å². The van der Waals surface area contributed by atoms with E-state index in [0.29, 0.717) is 58.6 Å². The molecule has 2 N–H and O–H groups in total. The second-order valence-corrected chi connectivity index (χ2v) is 10.4. The Morgan fingerprint density at radius 2 is 1.16 bits per heavy atom. The summed E-state index contributed by atoms with van der Waals surface area (Å²) in [6.07, 6.45) is 0. The van der Waals surface area contributed by atoms with Crippen LogP contribution in [0.4, 0.5) is 0 Å². The zero-order chi connectivity index (χ0) is 22.9. The lowest BCUT2D eigenvalue weighted by atomic mass is 9.79. The highest BCUT2D eigenvalue weighted by Gasteiger charge is 2.26. The first-order chi connectivity index (χ1) is 14.6. The number of nitrogens with one attached hydrogen (secondary N) is 1. The van der Waals surface area contributed by atoms with E-state index in [4.69, 9.17) is 18.9 Å². The molecule has 178 valence electrons. The fraction of sp³-hybridized carbons (Fsp3) is 0.760. The molecule has 6 nitrogen and oxygen atoms in total. The van der Waals surface area contributed by atoms with E-state index in [2.05, 4.69) is 53.7 Å². The zero-order valence-electron chi connectivity index (χ0n) is 20.5. The minimum atomic E-state index is -0.126. The van der Waals surface area contributed by atoms with Gasteiger partial charge in [-0.25, -0.2) is 0 Å². The summed E-state index contributed by atoms with van der Waals surface area (Å²) in [5.41, 5.74) is 3.15. The fourth-order valence-electron chi connectivity index (χ4n) is 3.60. The summed E-state index contributed by atoms with van der Waals surface area (Å²) in [4.78, 5) is 1.33.